The summed E-state index contributed by atoms with van der Waals surface area (Å²) in [6, 6.07) is 12.2. The van der Waals surface area contributed by atoms with Crippen molar-refractivity contribution in [1.29, 1.82) is 0 Å². The lowest BCUT2D eigenvalue weighted by molar-refractivity contribution is 0.262. The van der Waals surface area contributed by atoms with E-state index in [0.29, 0.717) is 11.4 Å². The first-order valence-electron chi connectivity index (χ1n) is 6.77. The molecule has 6 nitrogen and oxygen atoms in total. The van der Waals surface area contributed by atoms with Gasteiger partial charge in [-0.1, -0.05) is 22.9 Å². The van der Waals surface area contributed by atoms with Gasteiger partial charge in [0, 0.05) is 11.4 Å². The molecule has 0 aromatic heterocycles. The van der Waals surface area contributed by atoms with Crippen LogP contribution in [0.5, 0.6) is 5.75 Å². The van der Waals surface area contributed by atoms with Gasteiger partial charge in [-0.25, -0.2) is 4.79 Å². The smallest absolute Gasteiger partial charge is 0.358 e. The molecule has 2 N–H and O–H groups in total. The van der Waals surface area contributed by atoms with Crippen molar-refractivity contribution in [2.45, 2.75) is 13.3 Å². The van der Waals surface area contributed by atoms with Gasteiger partial charge in [-0.05, 0) is 48.4 Å². The summed E-state index contributed by atoms with van der Waals surface area (Å²) in [5, 5.41) is 5.22. The highest BCUT2D eigenvalue weighted by atomic mass is 32.3. The second-order valence-corrected chi connectivity index (χ2v) is 5.58. The van der Waals surface area contributed by atoms with Crippen molar-refractivity contribution in [2.75, 3.05) is 10.6 Å². The van der Waals surface area contributed by atoms with Gasteiger partial charge in [0.15, 0.2) is 0 Å². The van der Waals surface area contributed by atoms with Crippen LogP contribution < -0.4 is 14.8 Å². The Morgan fingerprint density at radius 3 is 1.91 bits per heavy atom. The molecule has 0 atom stereocenters. The van der Waals surface area contributed by atoms with Crippen LogP contribution in [0.3, 0.4) is 0 Å². The van der Waals surface area contributed by atoms with Crippen molar-refractivity contribution in [1.82, 2.24) is 0 Å². The number of amides is 2. The molecule has 0 fully saturated rings. The second-order valence-electron chi connectivity index (χ2n) is 4.63. The van der Waals surface area contributed by atoms with Gasteiger partial charge in [0.05, 0.1) is 0 Å². The van der Waals surface area contributed by atoms with Crippen LogP contribution in [0.1, 0.15) is 12.5 Å². The van der Waals surface area contributed by atoms with E-state index in [-0.39, 0.29) is 5.75 Å². The summed E-state index contributed by atoms with van der Waals surface area (Å²) in [7, 11) is -5.06. The van der Waals surface area contributed by atoms with Crippen molar-refractivity contribution >= 4 is 27.9 Å². The highest BCUT2D eigenvalue weighted by Gasteiger charge is 2.09. The number of hydrogen-bond donors (Lipinski definition) is 2. The van der Waals surface area contributed by atoms with Crippen molar-refractivity contribution in [3.8, 4) is 5.75 Å². The van der Waals surface area contributed by atoms with E-state index in [1.165, 1.54) is 24.3 Å². The largest absolute Gasteiger partial charge is 0.488 e. The molecule has 0 unspecified atom stereocenters. The molecule has 8 heteroatoms. The number of benzene rings is 2. The number of carbonyl (C=O) groups excluding carboxylic acids is 1. The van der Waals surface area contributed by atoms with Crippen LogP contribution in [-0.4, -0.2) is 14.4 Å². The molecule has 2 aromatic rings. The minimum atomic E-state index is -5.06. The van der Waals surface area contributed by atoms with Crippen molar-refractivity contribution in [2.24, 2.45) is 0 Å². The average molecular weight is 338 g/mol. The molecule has 122 valence electrons. The van der Waals surface area contributed by atoms with Crippen LogP contribution in [-0.2, 0) is 16.9 Å². The second kappa shape index (κ2) is 7.10. The molecule has 0 radical (unpaired) electrons. The number of anilines is 2. The van der Waals surface area contributed by atoms with Crippen LogP contribution in [0.4, 0.5) is 20.1 Å². The Bertz CT molecular complexity index is 774. The molecule has 23 heavy (non-hydrogen) atoms. The first-order chi connectivity index (χ1) is 10.9. The third-order valence-corrected chi connectivity index (χ3v) is 3.32. The first kappa shape index (κ1) is 16.8. The molecule has 2 aromatic carbocycles. The quantitative estimate of drug-likeness (QED) is 0.817. The lowest BCUT2D eigenvalue weighted by Crippen LogP contribution is -2.19. The number of nitrogens with one attached hydrogen (secondary N) is 2. The molecule has 0 aliphatic heterocycles. The van der Waals surface area contributed by atoms with Gasteiger partial charge in [0.25, 0.3) is 0 Å². The minimum absolute atomic E-state index is 0.186. The Morgan fingerprint density at radius 1 is 1.00 bits per heavy atom. The maximum atomic E-state index is 12.4. The number of carbonyl (C=O) groups is 1. The molecular weight excluding hydrogens is 323 g/mol. The summed E-state index contributed by atoms with van der Waals surface area (Å²) in [5.41, 5.74) is 2.20. The number of rotatable bonds is 5. The van der Waals surface area contributed by atoms with E-state index in [1.54, 1.807) is 12.1 Å². The third-order valence-electron chi connectivity index (χ3n) is 2.93. The van der Waals surface area contributed by atoms with Crippen LogP contribution in [0.15, 0.2) is 48.5 Å². The van der Waals surface area contributed by atoms with Gasteiger partial charge < -0.3 is 14.8 Å². The highest BCUT2D eigenvalue weighted by Crippen LogP contribution is 2.18. The maximum absolute atomic E-state index is 12.4. The normalized spacial score (nSPS) is 10.9. The summed E-state index contributed by atoms with van der Waals surface area (Å²) in [4.78, 5) is 11.8. The SMILES string of the molecule is CCc1ccc(NC(=O)Nc2ccc(OS(=O)(=O)F)cc2)cc1. The van der Waals surface area contributed by atoms with Gasteiger partial charge in [-0.3, -0.25) is 0 Å². The summed E-state index contributed by atoms with van der Waals surface area (Å²) in [6.07, 6.45) is 0.912. The monoisotopic (exact) mass is 338 g/mol. The van der Waals surface area contributed by atoms with Crippen molar-refractivity contribution in [3.05, 3.63) is 54.1 Å². The van der Waals surface area contributed by atoms with Crippen LogP contribution in [0.2, 0.25) is 0 Å². The van der Waals surface area contributed by atoms with Gasteiger partial charge in [-0.2, -0.15) is 8.42 Å². The van der Waals surface area contributed by atoms with Crippen molar-refractivity contribution < 1.29 is 21.3 Å². The Balaban J connectivity index is 1.94. The van der Waals surface area contributed by atoms with E-state index in [1.807, 2.05) is 19.1 Å². The van der Waals surface area contributed by atoms with E-state index < -0.39 is 16.5 Å². The van der Waals surface area contributed by atoms with E-state index in [2.05, 4.69) is 14.8 Å². The summed E-state index contributed by atoms with van der Waals surface area (Å²) in [5.74, 6) is -0.186. The van der Waals surface area contributed by atoms with Crippen LogP contribution in [0, 0.1) is 0 Å². The maximum Gasteiger partial charge on any atom is 0.488 e. The van der Waals surface area contributed by atoms with E-state index in [9.17, 15) is 17.1 Å². The molecule has 0 saturated carbocycles. The molecule has 0 heterocycles. The average Bonchev–Trinajstić information content (AvgIpc) is 2.48. The summed E-state index contributed by atoms with van der Waals surface area (Å²) < 4.78 is 37.1. The zero-order valence-electron chi connectivity index (χ0n) is 12.2. The third kappa shape index (κ3) is 5.59. The molecule has 2 amide bonds. The Labute approximate surface area is 133 Å². The molecular formula is C15H15FN2O4S. The first-order valence-corrected chi connectivity index (χ1v) is 8.07. The number of hydrogen-bond acceptors (Lipinski definition) is 4. The molecule has 0 bridgehead atoms. The van der Waals surface area contributed by atoms with Gasteiger partial charge in [0.1, 0.15) is 5.75 Å². The fourth-order valence-electron chi connectivity index (χ4n) is 1.83. The van der Waals surface area contributed by atoms with Gasteiger partial charge in [-0.15, -0.1) is 0 Å². The zero-order valence-corrected chi connectivity index (χ0v) is 13.1. The van der Waals surface area contributed by atoms with Gasteiger partial charge >= 0.3 is 16.5 Å². The number of urea groups is 1. The number of aryl methyl sites for hydroxylation is 1. The summed E-state index contributed by atoms with van der Waals surface area (Å²) >= 11 is 0. The molecule has 2 rings (SSSR count). The van der Waals surface area contributed by atoms with Crippen LogP contribution in [0.25, 0.3) is 0 Å². The van der Waals surface area contributed by atoms with E-state index in [4.69, 9.17) is 0 Å². The fraction of sp³-hybridized carbons (Fsp3) is 0.133. The fourth-order valence-corrected chi connectivity index (χ4v) is 2.17. The van der Waals surface area contributed by atoms with Crippen molar-refractivity contribution in [3.63, 3.8) is 0 Å². The lowest BCUT2D eigenvalue weighted by atomic mass is 10.1. The van der Waals surface area contributed by atoms with Crippen LogP contribution >= 0.6 is 0 Å². The standard InChI is InChI=1S/C15H15FN2O4S/c1-2-11-3-5-12(6-4-11)17-15(19)18-13-7-9-14(10-8-13)22-23(16,20)21/h3-10H,2H2,1H3,(H2,17,18,19). The number of halogens is 1. The van der Waals surface area contributed by atoms with E-state index in [0.717, 1.165) is 12.0 Å². The highest BCUT2D eigenvalue weighted by molar-refractivity contribution is 7.81. The Kier molecular flexibility index (Phi) is 5.17. The molecule has 0 aliphatic carbocycles. The predicted octanol–water partition coefficient (Wildman–Crippen LogP) is 3.49. The Hall–Kier alpha value is -2.61. The Morgan fingerprint density at radius 2 is 1.48 bits per heavy atom. The minimum Gasteiger partial charge on any atom is -0.358 e. The van der Waals surface area contributed by atoms with E-state index >= 15 is 0 Å². The predicted molar refractivity (Wildman–Crippen MR) is 85.6 cm³/mol. The topological polar surface area (TPSA) is 84.5 Å². The lowest BCUT2D eigenvalue weighted by Gasteiger charge is -2.08. The van der Waals surface area contributed by atoms with Gasteiger partial charge in [0.2, 0.25) is 0 Å². The molecule has 0 aliphatic rings. The summed E-state index contributed by atoms with van der Waals surface area (Å²) in [6.45, 7) is 2.04. The molecule has 0 spiro atoms. The zero-order chi connectivity index (χ0) is 16.9. The molecule has 0 saturated heterocycles.